The van der Waals surface area contributed by atoms with Crippen molar-refractivity contribution in [3.8, 4) is 0 Å². The van der Waals surface area contributed by atoms with Gasteiger partial charge in [-0.05, 0) is 43.0 Å². The van der Waals surface area contributed by atoms with Crippen molar-refractivity contribution in [2.24, 2.45) is 0 Å². The topological polar surface area (TPSA) is 55.6 Å². The Morgan fingerprint density at radius 2 is 2.11 bits per heavy atom. The second kappa shape index (κ2) is 6.70. The Kier molecular flexibility index (Phi) is 5.21. The smallest absolute Gasteiger partial charge is 0.167 e. The van der Waals surface area contributed by atoms with Crippen molar-refractivity contribution in [1.29, 1.82) is 0 Å². The van der Waals surface area contributed by atoms with E-state index in [4.69, 9.17) is 0 Å². The fraction of sp³-hybridized carbons (Fsp3) is 0.923. The quantitative estimate of drug-likeness (QED) is 0.869. The first-order valence-corrected chi connectivity index (χ1v) is 8.48. The van der Waals surface area contributed by atoms with Crippen molar-refractivity contribution < 1.29 is 0 Å². The van der Waals surface area contributed by atoms with Crippen LogP contribution in [-0.2, 0) is 6.54 Å². The predicted molar refractivity (Wildman–Crippen MR) is 79.2 cm³/mol. The van der Waals surface area contributed by atoms with Gasteiger partial charge in [0.15, 0.2) is 5.82 Å². The molecule has 0 radical (unpaired) electrons. The van der Waals surface area contributed by atoms with Crippen LogP contribution in [0.2, 0.25) is 0 Å². The molecule has 19 heavy (non-hydrogen) atoms. The Hall–Kier alpha value is -0.620. The van der Waals surface area contributed by atoms with E-state index in [2.05, 4.69) is 40.9 Å². The average molecular weight is 283 g/mol. The van der Waals surface area contributed by atoms with Gasteiger partial charge in [-0.25, -0.2) is 4.68 Å². The number of tetrazole rings is 1. The summed E-state index contributed by atoms with van der Waals surface area (Å²) in [6.07, 6.45) is 8.83. The molecule has 0 bridgehead atoms. The lowest BCUT2D eigenvalue weighted by Crippen LogP contribution is -2.35. The highest BCUT2D eigenvalue weighted by atomic mass is 32.2. The third-order valence-electron chi connectivity index (χ3n) is 4.09. The van der Waals surface area contributed by atoms with E-state index >= 15 is 0 Å². The molecule has 1 N–H and O–H groups in total. The Labute approximate surface area is 119 Å². The van der Waals surface area contributed by atoms with Crippen molar-refractivity contribution in [3.05, 3.63) is 5.82 Å². The minimum atomic E-state index is 0.211. The lowest BCUT2D eigenvalue weighted by Gasteiger charge is -2.35. The maximum atomic E-state index is 4.21. The second-order valence-corrected chi connectivity index (χ2v) is 6.70. The minimum absolute atomic E-state index is 0.211. The Balaban J connectivity index is 2.11. The molecule has 1 unspecified atom stereocenters. The highest BCUT2D eigenvalue weighted by Gasteiger charge is 2.33. The molecule has 1 aliphatic rings. The van der Waals surface area contributed by atoms with Gasteiger partial charge < -0.3 is 5.32 Å². The van der Waals surface area contributed by atoms with Gasteiger partial charge in [-0.2, -0.15) is 11.8 Å². The van der Waals surface area contributed by atoms with E-state index in [1.807, 2.05) is 16.4 Å². The molecule has 0 amide bonds. The predicted octanol–water partition coefficient (Wildman–Crippen LogP) is 2.41. The van der Waals surface area contributed by atoms with Crippen LogP contribution in [0.1, 0.15) is 57.8 Å². The van der Waals surface area contributed by atoms with Crippen LogP contribution in [0.4, 0.5) is 0 Å². The molecule has 1 aromatic heterocycles. The van der Waals surface area contributed by atoms with Crippen LogP contribution < -0.4 is 5.32 Å². The molecule has 0 aliphatic heterocycles. The maximum Gasteiger partial charge on any atom is 0.167 e. The van der Waals surface area contributed by atoms with Gasteiger partial charge in [-0.1, -0.05) is 26.2 Å². The van der Waals surface area contributed by atoms with E-state index in [0.717, 1.165) is 18.9 Å². The molecule has 0 spiro atoms. The van der Waals surface area contributed by atoms with Crippen molar-refractivity contribution in [2.75, 3.05) is 12.8 Å². The summed E-state index contributed by atoms with van der Waals surface area (Å²) in [5.74, 6) is 0.959. The average Bonchev–Trinajstić information content (AvgIpc) is 2.88. The number of hydrogen-bond acceptors (Lipinski definition) is 5. The molecule has 1 atom stereocenters. The summed E-state index contributed by atoms with van der Waals surface area (Å²) in [6.45, 7) is 6.10. The van der Waals surface area contributed by atoms with Gasteiger partial charge in [0, 0.05) is 4.75 Å². The van der Waals surface area contributed by atoms with Gasteiger partial charge in [-0.15, -0.1) is 5.10 Å². The first-order chi connectivity index (χ1) is 9.21. The molecule has 5 nitrogen and oxygen atoms in total. The largest absolute Gasteiger partial charge is 0.308 e. The van der Waals surface area contributed by atoms with Gasteiger partial charge in [0.1, 0.15) is 0 Å². The Bertz CT molecular complexity index is 386. The maximum absolute atomic E-state index is 4.21. The lowest BCUT2D eigenvalue weighted by atomic mass is 9.88. The lowest BCUT2D eigenvalue weighted by molar-refractivity contribution is 0.334. The fourth-order valence-corrected chi connectivity index (χ4v) is 3.88. The molecule has 0 saturated heterocycles. The molecule has 1 heterocycles. The van der Waals surface area contributed by atoms with E-state index in [0.29, 0.717) is 4.75 Å². The summed E-state index contributed by atoms with van der Waals surface area (Å²) in [4.78, 5) is 0. The summed E-state index contributed by atoms with van der Waals surface area (Å²) in [7, 11) is 0. The van der Waals surface area contributed by atoms with Crippen molar-refractivity contribution >= 4 is 11.8 Å². The summed E-state index contributed by atoms with van der Waals surface area (Å²) < 4.78 is 2.34. The zero-order valence-corrected chi connectivity index (χ0v) is 13.0. The van der Waals surface area contributed by atoms with Crippen LogP contribution in [0.15, 0.2) is 0 Å². The number of nitrogens with one attached hydrogen (secondary N) is 1. The summed E-state index contributed by atoms with van der Waals surface area (Å²) in [6, 6.07) is 0.211. The third-order valence-corrected chi connectivity index (χ3v) is 5.50. The van der Waals surface area contributed by atoms with Crippen molar-refractivity contribution in [1.82, 2.24) is 25.5 Å². The summed E-state index contributed by atoms with van der Waals surface area (Å²) in [5.41, 5.74) is 0. The molecule has 2 rings (SSSR count). The molecular weight excluding hydrogens is 258 g/mol. The third kappa shape index (κ3) is 3.48. The normalized spacial score (nSPS) is 20.4. The van der Waals surface area contributed by atoms with Crippen LogP contribution in [0.25, 0.3) is 0 Å². The van der Waals surface area contributed by atoms with E-state index in [9.17, 15) is 0 Å². The fourth-order valence-electron chi connectivity index (χ4n) is 2.93. The molecule has 1 fully saturated rings. The van der Waals surface area contributed by atoms with Gasteiger partial charge >= 0.3 is 0 Å². The number of hydrogen-bond donors (Lipinski definition) is 1. The number of rotatable bonds is 6. The second-order valence-electron chi connectivity index (χ2n) is 5.42. The first kappa shape index (κ1) is 14.8. The molecule has 1 saturated carbocycles. The van der Waals surface area contributed by atoms with E-state index < -0.39 is 0 Å². The van der Waals surface area contributed by atoms with Gasteiger partial charge in [0.25, 0.3) is 0 Å². The Morgan fingerprint density at radius 3 is 2.74 bits per heavy atom. The molecule has 1 aliphatic carbocycles. The van der Waals surface area contributed by atoms with Crippen LogP contribution in [0.5, 0.6) is 0 Å². The van der Waals surface area contributed by atoms with Gasteiger partial charge in [0.2, 0.25) is 0 Å². The van der Waals surface area contributed by atoms with Crippen molar-refractivity contribution in [2.45, 2.75) is 63.3 Å². The number of nitrogens with zero attached hydrogens (tertiary/aromatic N) is 4. The molecule has 0 aromatic carbocycles. The first-order valence-electron chi connectivity index (χ1n) is 7.25. The van der Waals surface area contributed by atoms with Crippen LogP contribution >= 0.6 is 11.8 Å². The highest BCUT2D eigenvalue weighted by Crippen LogP contribution is 2.40. The monoisotopic (exact) mass is 283 g/mol. The SMILES string of the molecule is CCNC(C)c1nnnn1CC1(SC)CCCCC1. The zero-order valence-electron chi connectivity index (χ0n) is 12.2. The van der Waals surface area contributed by atoms with Gasteiger partial charge in [-0.3, -0.25) is 0 Å². The number of thioether (sulfide) groups is 1. The zero-order chi connectivity index (χ0) is 13.7. The van der Waals surface area contributed by atoms with Crippen molar-refractivity contribution in [3.63, 3.8) is 0 Å². The number of aromatic nitrogens is 4. The summed E-state index contributed by atoms with van der Waals surface area (Å²) >= 11 is 1.99. The highest BCUT2D eigenvalue weighted by molar-refractivity contribution is 8.00. The van der Waals surface area contributed by atoms with E-state index in [-0.39, 0.29) is 6.04 Å². The van der Waals surface area contributed by atoms with Crippen LogP contribution in [-0.4, -0.2) is 37.8 Å². The molecular formula is C13H25N5S. The standard InChI is InChI=1S/C13H25N5S/c1-4-14-11(2)12-15-16-17-18(12)10-13(19-3)8-6-5-7-9-13/h11,14H,4-10H2,1-3H3. The molecule has 1 aromatic rings. The Morgan fingerprint density at radius 1 is 1.37 bits per heavy atom. The van der Waals surface area contributed by atoms with Gasteiger partial charge in [0.05, 0.1) is 12.6 Å². The minimum Gasteiger partial charge on any atom is -0.308 e. The van der Waals surface area contributed by atoms with Crippen LogP contribution in [0.3, 0.4) is 0 Å². The molecule has 108 valence electrons. The summed E-state index contributed by atoms with van der Waals surface area (Å²) in [5, 5.41) is 15.7. The van der Waals surface area contributed by atoms with E-state index in [1.54, 1.807) is 0 Å². The van der Waals surface area contributed by atoms with E-state index in [1.165, 1.54) is 32.1 Å². The van der Waals surface area contributed by atoms with Crippen LogP contribution in [0, 0.1) is 0 Å². The molecule has 6 heteroatoms.